The van der Waals surface area contributed by atoms with Crippen LogP contribution in [-0.2, 0) is 14.3 Å². The molecule has 8 heteroatoms. The number of urea groups is 1. The molecule has 150 valence electrons. The molecule has 0 unspecified atom stereocenters. The summed E-state index contributed by atoms with van der Waals surface area (Å²) < 4.78 is 5.06. The maximum Gasteiger partial charge on any atom is 0.329 e. The van der Waals surface area contributed by atoms with Gasteiger partial charge >= 0.3 is 12.0 Å². The van der Waals surface area contributed by atoms with Gasteiger partial charge in [0.05, 0.1) is 6.04 Å². The highest BCUT2D eigenvalue weighted by atomic mass is 32.2. The van der Waals surface area contributed by atoms with E-state index in [4.69, 9.17) is 10.5 Å². The van der Waals surface area contributed by atoms with Gasteiger partial charge in [0.15, 0.2) is 6.61 Å². The molecule has 0 spiro atoms. The molecule has 4 N–H and O–H groups in total. The Balaban J connectivity index is 1.93. The number of primary amides is 1. The molecular weight excluding hydrogens is 378 g/mol. The number of ether oxygens (including phenoxy) is 1. The topological polar surface area (TPSA) is 111 Å². The molecule has 0 bridgehead atoms. The average Bonchev–Trinajstić information content (AvgIpc) is 2.68. The summed E-state index contributed by atoms with van der Waals surface area (Å²) in [5.74, 6) is -0.457. The van der Waals surface area contributed by atoms with Crippen LogP contribution in [0.5, 0.6) is 0 Å². The highest BCUT2D eigenvalue weighted by Crippen LogP contribution is 2.23. The Labute approximate surface area is 168 Å². The van der Waals surface area contributed by atoms with Crippen molar-refractivity contribution < 1.29 is 19.1 Å². The summed E-state index contributed by atoms with van der Waals surface area (Å²) in [5, 5.41) is 7.32. The van der Waals surface area contributed by atoms with Crippen LogP contribution in [0.3, 0.4) is 0 Å². The van der Waals surface area contributed by atoms with Crippen molar-refractivity contribution in [3.63, 3.8) is 0 Å². The standard InChI is InChI=1S/C20H25N3O4S/c1-13(15-9-5-7-14-6-3-4-8-16(14)15)22-18(24)12-27-19(25)17(10-11-28-2)23-20(21)26/h3-9,13,17H,10-12H2,1-2H3,(H,22,24)(H3,21,23,26)/t13-,17-/m1/s1. The smallest absolute Gasteiger partial charge is 0.329 e. The monoisotopic (exact) mass is 403 g/mol. The van der Waals surface area contributed by atoms with Crippen molar-refractivity contribution >= 4 is 40.4 Å². The van der Waals surface area contributed by atoms with Crippen LogP contribution in [0.15, 0.2) is 42.5 Å². The van der Waals surface area contributed by atoms with Gasteiger partial charge < -0.3 is 21.1 Å². The van der Waals surface area contributed by atoms with Gasteiger partial charge in [0.2, 0.25) is 0 Å². The fourth-order valence-electron chi connectivity index (χ4n) is 2.88. The van der Waals surface area contributed by atoms with Gasteiger partial charge in [-0.3, -0.25) is 4.79 Å². The van der Waals surface area contributed by atoms with E-state index in [1.807, 2.05) is 55.6 Å². The normalized spacial score (nSPS) is 12.8. The Hall–Kier alpha value is -2.74. The minimum atomic E-state index is -0.867. The van der Waals surface area contributed by atoms with E-state index in [-0.39, 0.29) is 6.04 Å². The molecule has 0 aliphatic carbocycles. The molecule has 0 aliphatic heterocycles. The lowest BCUT2D eigenvalue weighted by Gasteiger charge is -2.18. The second-order valence-electron chi connectivity index (χ2n) is 6.31. The van der Waals surface area contributed by atoms with Crippen LogP contribution in [0.25, 0.3) is 10.8 Å². The third-order valence-electron chi connectivity index (χ3n) is 4.22. The van der Waals surface area contributed by atoms with E-state index in [2.05, 4.69) is 10.6 Å². The van der Waals surface area contributed by atoms with Crippen molar-refractivity contribution in [3.8, 4) is 0 Å². The highest BCUT2D eigenvalue weighted by Gasteiger charge is 2.22. The van der Waals surface area contributed by atoms with E-state index in [1.165, 1.54) is 11.8 Å². The molecule has 0 aliphatic rings. The van der Waals surface area contributed by atoms with E-state index >= 15 is 0 Å². The molecule has 0 fully saturated rings. The first-order valence-corrected chi connectivity index (χ1v) is 10.3. The lowest BCUT2D eigenvalue weighted by molar-refractivity contribution is -0.150. The first-order chi connectivity index (χ1) is 13.4. The lowest BCUT2D eigenvalue weighted by Crippen LogP contribution is -2.45. The van der Waals surface area contributed by atoms with Crippen LogP contribution in [0.2, 0.25) is 0 Å². The number of esters is 1. The molecule has 0 radical (unpaired) electrons. The number of thioether (sulfide) groups is 1. The Morgan fingerprint density at radius 1 is 1.11 bits per heavy atom. The largest absolute Gasteiger partial charge is 0.454 e. The van der Waals surface area contributed by atoms with Crippen molar-refractivity contribution in [2.75, 3.05) is 18.6 Å². The fourth-order valence-corrected chi connectivity index (χ4v) is 3.35. The molecule has 3 amide bonds. The van der Waals surface area contributed by atoms with Crippen LogP contribution in [0.4, 0.5) is 4.79 Å². The predicted octanol–water partition coefficient (Wildman–Crippen LogP) is 2.35. The predicted molar refractivity (Wildman–Crippen MR) is 111 cm³/mol. The molecular formula is C20H25N3O4S. The van der Waals surface area contributed by atoms with Crippen LogP contribution < -0.4 is 16.4 Å². The molecule has 2 aromatic rings. The Morgan fingerprint density at radius 2 is 1.82 bits per heavy atom. The third-order valence-corrected chi connectivity index (χ3v) is 4.87. The second kappa shape index (κ2) is 10.6. The molecule has 7 nitrogen and oxygen atoms in total. The highest BCUT2D eigenvalue weighted by molar-refractivity contribution is 7.98. The number of hydrogen-bond donors (Lipinski definition) is 3. The van der Waals surface area contributed by atoms with Crippen LogP contribution >= 0.6 is 11.8 Å². The molecule has 28 heavy (non-hydrogen) atoms. The number of carbonyl (C=O) groups excluding carboxylic acids is 3. The minimum Gasteiger partial charge on any atom is -0.454 e. The number of fused-ring (bicyclic) bond motifs is 1. The number of rotatable bonds is 9. The van der Waals surface area contributed by atoms with E-state index < -0.39 is 30.6 Å². The van der Waals surface area contributed by atoms with Crippen molar-refractivity contribution in [1.82, 2.24) is 10.6 Å². The van der Waals surface area contributed by atoms with Gasteiger partial charge in [-0.25, -0.2) is 9.59 Å². The van der Waals surface area contributed by atoms with Gasteiger partial charge in [-0.05, 0) is 41.7 Å². The summed E-state index contributed by atoms with van der Waals surface area (Å²) in [5.41, 5.74) is 6.07. The fraction of sp³-hybridized carbons (Fsp3) is 0.350. The Morgan fingerprint density at radius 3 is 2.54 bits per heavy atom. The maximum atomic E-state index is 12.2. The summed E-state index contributed by atoms with van der Waals surface area (Å²) in [6.45, 7) is 1.45. The number of benzene rings is 2. The lowest BCUT2D eigenvalue weighted by atomic mass is 10.00. The number of nitrogens with two attached hydrogens (primary N) is 1. The molecule has 0 saturated carbocycles. The first kappa shape index (κ1) is 21.6. The number of amides is 3. The van der Waals surface area contributed by atoms with Crippen molar-refractivity contribution in [1.29, 1.82) is 0 Å². The molecule has 0 heterocycles. The van der Waals surface area contributed by atoms with E-state index in [0.29, 0.717) is 12.2 Å². The van der Waals surface area contributed by atoms with Gasteiger partial charge in [-0.15, -0.1) is 0 Å². The molecule has 2 atom stereocenters. The van der Waals surface area contributed by atoms with Crippen molar-refractivity contribution in [2.24, 2.45) is 5.73 Å². The summed E-state index contributed by atoms with van der Waals surface area (Å²) in [7, 11) is 0. The summed E-state index contributed by atoms with van der Waals surface area (Å²) >= 11 is 1.53. The summed E-state index contributed by atoms with van der Waals surface area (Å²) in [4.78, 5) is 35.4. The van der Waals surface area contributed by atoms with Gasteiger partial charge in [-0.2, -0.15) is 11.8 Å². The van der Waals surface area contributed by atoms with Crippen LogP contribution in [0.1, 0.15) is 24.9 Å². The van der Waals surface area contributed by atoms with Gasteiger partial charge in [0.25, 0.3) is 5.91 Å². The zero-order valence-electron chi connectivity index (χ0n) is 15.9. The number of carbonyl (C=O) groups is 3. The third kappa shape index (κ3) is 6.16. The van der Waals surface area contributed by atoms with Gasteiger partial charge in [0.1, 0.15) is 6.04 Å². The van der Waals surface area contributed by atoms with Gasteiger partial charge in [-0.1, -0.05) is 42.5 Å². The minimum absolute atomic E-state index is 0.256. The van der Waals surface area contributed by atoms with Crippen LogP contribution in [0, 0.1) is 0 Å². The molecule has 2 rings (SSSR count). The SMILES string of the molecule is CSCC[C@@H](NC(N)=O)C(=O)OCC(=O)N[C@H](C)c1cccc2ccccc12. The maximum absolute atomic E-state index is 12.2. The zero-order chi connectivity index (χ0) is 20.5. The average molecular weight is 404 g/mol. The quantitative estimate of drug-likeness (QED) is 0.557. The van der Waals surface area contributed by atoms with Crippen molar-refractivity contribution in [2.45, 2.75) is 25.4 Å². The van der Waals surface area contributed by atoms with Crippen LogP contribution in [-0.4, -0.2) is 42.6 Å². The Bertz CT molecular complexity index is 838. The Kier molecular flexibility index (Phi) is 8.13. The van der Waals surface area contributed by atoms with E-state index in [9.17, 15) is 14.4 Å². The molecule has 0 saturated heterocycles. The summed E-state index contributed by atoms with van der Waals surface area (Å²) in [6, 6.07) is 11.9. The van der Waals surface area contributed by atoms with Gasteiger partial charge in [0, 0.05) is 0 Å². The summed E-state index contributed by atoms with van der Waals surface area (Å²) in [6.07, 6.45) is 2.26. The molecule has 2 aromatic carbocycles. The van der Waals surface area contributed by atoms with Crippen molar-refractivity contribution in [3.05, 3.63) is 48.0 Å². The molecule has 0 aromatic heterocycles. The first-order valence-electron chi connectivity index (χ1n) is 8.91. The van der Waals surface area contributed by atoms with E-state index in [1.54, 1.807) is 0 Å². The zero-order valence-corrected chi connectivity index (χ0v) is 16.8. The number of hydrogen-bond acceptors (Lipinski definition) is 5. The second-order valence-corrected chi connectivity index (χ2v) is 7.29. The number of nitrogens with one attached hydrogen (secondary N) is 2. The van der Waals surface area contributed by atoms with E-state index in [0.717, 1.165) is 16.3 Å².